The molecule has 0 unspecified atom stereocenters. The molecule has 0 aromatic heterocycles. The smallest absolute Gasteiger partial charge is 0.0992 e. The Kier molecular flexibility index (Phi) is 3.95. The lowest BCUT2D eigenvalue weighted by Gasteiger charge is -2.18. The van der Waals surface area contributed by atoms with Gasteiger partial charge in [0.25, 0.3) is 0 Å². The minimum atomic E-state index is 0.428. The standard InChI is InChI=1S/C17H19N3/c1-11(2)14-6-4-5-12(3)17(14)20-16-8-7-13(10-18)9-15(16)19/h4-9,11,20H,19H2,1-3H3. The Labute approximate surface area is 120 Å². The third kappa shape index (κ3) is 2.75. The van der Waals surface area contributed by atoms with Crippen molar-refractivity contribution in [3.8, 4) is 6.07 Å². The van der Waals surface area contributed by atoms with Gasteiger partial charge in [-0.25, -0.2) is 0 Å². The topological polar surface area (TPSA) is 61.8 Å². The average molecular weight is 265 g/mol. The molecule has 0 fully saturated rings. The number of nitrogens with two attached hydrogens (primary N) is 1. The second-order valence-electron chi connectivity index (χ2n) is 5.23. The fraction of sp³-hybridized carbons (Fsp3) is 0.235. The van der Waals surface area contributed by atoms with Crippen LogP contribution in [0.5, 0.6) is 0 Å². The van der Waals surface area contributed by atoms with E-state index in [9.17, 15) is 0 Å². The second-order valence-corrected chi connectivity index (χ2v) is 5.23. The van der Waals surface area contributed by atoms with Gasteiger partial charge in [0, 0.05) is 5.69 Å². The first-order valence-corrected chi connectivity index (χ1v) is 6.69. The van der Waals surface area contributed by atoms with Crippen LogP contribution in [0, 0.1) is 18.3 Å². The molecule has 102 valence electrons. The number of nitrogen functional groups attached to an aromatic ring is 1. The zero-order valence-electron chi connectivity index (χ0n) is 12.1. The highest BCUT2D eigenvalue weighted by Gasteiger charge is 2.10. The van der Waals surface area contributed by atoms with Gasteiger partial charge in [0.05, 0.1) is 23.0 Å². The summed E-state index contributed by atoms with van der Waals surface area (Å²) in [6, 6.07) is 13.7. The zero-order chi connectivity index (χ0) is 14.7. The highest BCUT2D eigenvalue weighted by molar-refractivity contribution is 5.76. The van der Waals surface area contributed by atoms with Crippen molar-refractivity contribution in [1.29, 1.82) is 5.26 Å². The van der Waals surface area contributed by atoms with Crippen LogP contribution in [0.2, 0.25) is 0 Å². The molecule has 0 saturated heterocycles. The molecule has 0 amide bonds. The molecule has 3 N–H and O–H groups in total. The summed E-state index contributed by atoms with van der Waals surface area (Å²) in [6.45, 7) is 6.41. The van der Waals surface area contributed by atoms with Crippen molar-refractivity contribution in [3.63, 3.8) is 0 Å². The van der Waals surface area contributed by atoms with Crippen LogP contribution < -0.4 is 11.1 Å². The van der Waals surface area contributed by atoms with E-state index in [0.717, 1.165) is 11.4 Å². The van der Waals surface area contributed by atoms with Crippen LogP contribution >= 0.6 is 0 Å². The normalized spacial score (nSPS) is 10.3. The van der Waals surface area contributed by atoms with Crippen LogP contribution in [0.15, 0.2) is 36.4 Å². The summed E-state index contributed by atoms with van der Waals surface area (Å²) in [6.07, 6.45) is 0. The summed E-state index contributed by atoms with van der Waals surface area (Å²) in [5, 5.41) is 12.3. The molecule has 2 aromatic carbocycles. The van der Waals surface area contributed by atoms with E-state index in [-0.39, 0.29) is 0 Å². The molecule has 3 heteroatoms. The lowest BCUT2D eigenvalue weighted by molar-refractivity contribution is 0.867. The monoisotopic (exact) mass is 265 g/mol. The summed E-state index contributed by atoms with van der Waals surface area (Å²) in [4.78, 5) is 0. The molecule has 2 aromatic rings. The minimum absolute atomic E-state index is 0.428. The lowest BCUT2D eigenvalue weighted by Crippen LogP contribution is -2.02. The molecular formula is C17H19N3. The first kappa shape index (κ1) is 14.0. The Morgan fingerprint density at radius 2 is 1.95 bits per heavy atom. The predicted octanol–water partition coefficient (Wildman–Crippen LogP) is 4.32. The number of hydrogen-bond acceptors (Lipinski definition) is 3. The van der Waals surface area contributed by atoms with Crippen molar-refractivity contribution < 1.29 is 0 Å². The van der Waals surface area contributed by atoms with Crippen LogP contribution in [0.25, 0.3) is 0 Å². The molecule has 2 rings (SSSR count). The van der Waals surface area contributed by atoms with Crippen LogP contribution in [0.4, 0.5) is 17.1 Å². The lowest BCUT2D eigenvalue weighted by atomic mass is 9.98. The number of anilines is 3. The van der Waals surface area contributed by atoms with Gasteiger partial charge in [-0.05, 0) is 42.2 Å². The number of benzene rings is 2. The third-order valence-electron chi connectivity index (χ3n) is 3.37. The van der Waals surface area contributed by atoms with E-state index >= 15 is 0 Å². The molecule has 3 nitrogen and oxygen atoms in total. The van der Waals surface area contributed by atoms with Gasteiger partial charge in [-0.3, -0.25) is 0 Å². The Bertz CT molecular complexity index is 666. The fourth-order valence-corrected chi connectivity index (χ4v) is 2.22. The average Bonchev–Trinajstić information content (AvgIpc) is 2.42. The first-order valence-electron chi connectivity index (χ1n) is 6.69. The van der Waals surface area contributed by atoms with Crippen molar-refractivity contribution in [2.45, 2.75) is 26.7 Å². The van der Waals surface area contributed by atoms with E-state index < -0.39 is 0 Å². The quantitative estimate of drug-likeness (QED) is 0.812. The maximum atomic E-state index is 8.88. The molecule has 0 atom stereocenters. The Hall–Kier alpha value is -2.47. The number of nitrogens with zero attached hydrogens (tertiary/aromatic N) is 1. The predicted molar refractivity (Wildman–Crippen MR) is 84.1 cm³/mol. The van der Waals surface area contributed by atoms with Crippen molar-refractivity contribution in [3.05, 3.63) is 53.1 Å². The van der Waals surface area contributed by atoms with E-state index in [4.69, 9.17) is 11.0 Å². The van der Waals surface area contributed by atoms with E-state index in [2.05, 4.69) is 50.4 Å². The molecule has 0 radical (unpaired) electrons. The largest absolute Gasteiger partial charge is 0.397 e. The molecule has 0 saturated carbocycles. The summed E-state index contributed by atoms with van der Waals surface area (Å²) < 4.78 is 0. The summed E-state index contributed by atoms with van der Waals surface area (Å²) in [5.74, 6) is 0.428. The number of para-hydroxylation sites is 1. The Morgan fingerprint density at radius 3 is 2.55 bits per heavy atom. The van der Waals surface area contributed by atoms with E-state index in [1.165, 1.54) is 11.1 Å². The number of rotatable bonds is 3. The van der Waals surface area contributed by atoms with Crippen molar-refractivity contribution in [2.75, 3.05) is 11.1 Å². The fourth-order valence-electron chi connectivity index (χ4n) is 2.22. The van der Waals surface area contributed by atoms with E-state index in [1.807, 2.05) is 6.07 Å². The maximum absolute atomic E-state index is 8.88. The molecular weight excluding hydrogens is 246 g/mol. The number of nitriles is 1. The van der Waals surface area contributed by atoms with Crippen LogP contribution in [0.1, 0.15) is 36.5 Å². The third-order valence-corrected chi connectivity index (χ3v) is 3.37. The molecule has 0 bridgehead atoms. The highest BCUT2D eigenvalue weighted by Crippen LogP contribution is 2.32. The van der Waals surface area contributed by atoms with Crippen LogP contribution in [-0.2, 0) is 0 Å². The highest BCUT2D eigenvalue weighted by atomic mass is 14.9. The van der Waals surface area contributed by atoms with Crippen LogP contribution in [-0.4, -0.2) is 0 Å². The molecule has 0 spiro atoms. The number of nitrogens with one attached hydrogen (secondary N) is 1. The molecule has 0 aliphatic heterocycles. The van der Waals surface area contributed by atoms with Crippen molar-refractivity contribution in [2.24, 2.45) is 0 Å². The van der Waals surface area contributed by atoms with Gasteiger partial charge in [-0.15, -0.1) is 0 Å². The summed E-state index contributed by atoms with van der Waals surface area (Å²) in [5.41, 5.74) is 11.5. The van der Waals surface area contributed by atoms with Gasteiger partial charge in [0.2, 0.25) is 0 Å². The van der Waals surface area contributed by atoms with Gasteiger partial charge >= 0.3 is 0 Å². The van der Waals surface area contributed by atoms with Gasteiger partial charge in [0.1, 0.15) is 0 Å². The first-order chi connectivity index (χ1) is 9.52. The van der Waals surface area contributed by atoms with E-state index in [0.29, 0.717) is 17.2 Å². The van der Waals surface area contributed by atoms with Gasteiger partial charge in [0.15, 0.2) is 0 Å². The summed E-state index contributed by atoms with van der Waals surface area (Å²) in [7, 11) is 0. The van der Waals surface area contributed by atoms with Crippen molar-refractivity contribution in [1.82, 2.24) is 0 Å². The van der Waals surface area contributed by atoms with Gasteiger partial charge < -0.3 is 11.1 Å². The number of hydrogen-bond donors (Lipinski definition) is 2. The van der Waals surface area contributed by atoms with Gasteiger partial charge in [-0.1, -0.05) is 32.0 Å². The van der Waals surface area contributed by atoms with E-state index in [1.54, 1.807) is 12.1 Å². The number of aryl methyl sites for hydroxylation is 1. The SMILES string of the molecule is Cc1cccc(C(C)C)c1Nc1ccc(C#N)cc1N. The molecule has 0 heterocycles. The molecule has 0 aliphatic rings. The summed E-state index contributed by atoms with van der Waals surface area (Å²) >= 11 is 0. The molecule has 20 heavy (non-hydrogen) atoms. The Morgan fingerprint density at radius 1 is 1.20 bits per heavy atom. The maximum Gasteiger partial charge on any atom is 0.0992 e. The minimum Gasteiger partial charge on any atom is -0.397 e. The Balaban J connectivity index is 2.43. The van der Waals surface area contributed by atoms with Crippen molar-refractivity contribution >= 4 is 17.1 Å². The van der Waals surface area contributed by atoms with Crippen LogP contribution in [0.3, 0.4) is 0 Å². The zero-order valence-corrected chi connectivity index (χ0v) is 12.1. The second kappa shape index (κ2) is 5.66. The molecule has 0 aliphatic carbocycles. The van der Waals surface area contributed by atoms with Gasteiger partial charge in [-0.2, -0.15) is 5.26 Å².